The first kappa shape index (κ1) is 26.3. The Bertz CT molecular complexity index is 1550. The molecule has 0 saturated carbocycles. The van der Waals surface area contributed by atoms with Crippen LogP contribution in [-0.2, 0) is 28.8 Å². The van der Waals surface area contributed by atoms with Gasteiger partial charge in [0.1, 0.15) is 17.1 Å². The molecule has 0 aliphatic rings. The van der Waals surface area contributed by atoms with Gasteiger partial charge in [0.05, 0.1) is 10.7 Å². The van der Waals surface area contributed by atoms with E-state index in [1.807, 2.05) is 42.5 Å². The van der Waals surface area contributed by atoms with E-state index in [2.05, 4.69) is 72.0 Å². The molecule has 1 unspecified atom stereocenters. The Kier molecular flexibility index (Phi) is 8.32. The molecule has 0 radical (unpaired) electrons. The van der Waals surface area contributed by atoms with E-state index in [0.29, 0.717) is 12.2 Å². The highest BCUT2D eigenvalue weighted by Crippen LogP contribution is 2.34. The Morgan fingerprint density at radius 1 is 0.921 bits per heavy atom. The van der Waals surface area contributed by atoms with Crippen molar-refractivity contribution < 1.29 is 18.7 Å². The minimum absolute atomic E-state index is 0.383. The van der Waals surface area contributed by atoms with Crippen molar-refractivity contribution in [1.29, 1.82) is 0 Å². The molecule has 38 heavy (non-hydrogen) atoms. The molecule has 5 aromatic rings. The van der Waals surface area contributed by atoms with E-state index >= 15 is 0 Å². The van der Waals surface area contributed by atoms with Crippen LogP contribution in [0.4, 0.5) is 0 Å². The molecule has 1 aromatic heterocycles. The van der Waals surface area contributed by atoms with Crippen molar-refractivity contribution in [2.75, 3.05) is 7.11 Å². The second-order valence-corrected chi connectivity index (χ2v) is 10.6. The van der Waals surface area contributed by atoms with Crippen molar-refractivity contribution in [3.8, 4) is 5.75 Å². The summed E-state index contributed by atoms with van der Waals surface area (Å²) >= 11 is 2.31. The molecule has 1 atom stereocenters. The number of hydrogen-bond acceptors (Lipinski definition) is 4. The van der Waals surface area contributed by atoms with Crippen molar-refractivity contribution >= 4 is 50.3 Å². The van der Waals surface area contributed by atoms with Gasteiger partial charge in [-0.25, -0.2) is 4.79 Å². The normalized spacial score (nSPS) is 12.1. The van der Waals surface area contributed by atoms with E-state index in [1.54, 1.807) is 0 Å². The van der Waals surface area contributed by atoms with Crippen LogP contribution in [0, 0.1) is 3.57 Å². The van der Waals surface area contributed by atoms with Crippen LogP contribution in [-0.4, -0.2) is 19.2 Å². The van der Waals surface area contributed by atoms with Crippen LogP contribution in [0.3, 0.4) is 0 Å². The molecule has 194 valence electrons. The van der Waals surface area contributed by atoms with Crippen LogP contribution in [0.15, 0.2) is 89.3 Å². The van der Waals surface area contributed by atoms with Gasteiger partial charge in [-0.05, 0) is 63.0 Å². The van der Waals surface area contributed by atoms with Gasteiger partial charge < -0.3 is 13.9 Å². The zero-order valence-corrected chi connectivity index (χ0v) is 23.9. The maximum Gasteiger partial charge on any atom is 0.347 e. The number of fused-ring (bicyclic) bond motifs is 2. The quantitative estimate of drug-likeness (QED) is 0.117. The van der Waals surface area contributed by atoms with Gasteiger partial charge in [-0.1, -0.05) is 86.1 Å². The summed E-state index contributed by atoms with van der Waals surface area (Å²) in [4.78, 5) is 12.5. The van der Waals surface area contributed by atoms with E-state index in [1.165, 1.54) is 23.6 Å². The molecule has 0 aliphatic carbocycles. The highest BCUT2D eigenvalue weighted by Gasteiger charge is 2.23. The molecular formula is C33H31IO4. The van der Waals surface area contributed by atoms with E-state index in [9.17, 15) is 4.79 Å². The van der Waals surface area contributed by atoms with E-state index < -0.39 is 6.10 Å². The molecule has 5 heteroatoms. The number of rotatable bonds is 10. The number of hydrogen-bond donors (Lipinski definition) is 0. The summed E-state index contributed by atoms with van der Waals surface area (Å²) in [5.41, 5.74) is 4.50. The van der Waals surface area contributed by atoms with Gasteiger partial charge in [0.25, 0.3) is 0 Å². The third-order valence-electron chi connectivity index (χ3n) is 6.90. The fourth-order valence-corrected chi connectivity index (χ4v) is 5.69. The van der Waals surface area contributed by atoms with Gasteiger partial charge in [-0.15, -0.1) is 0 Å². The smallest absolute Gasteiger partial charge is 0.347 e. The van der Waals surface area contributed by atoms with E-state index in [-0.39, 0.29) is 5.97 Å². The largest absolute Gasteiger partial charge is 0.477 e. The fraction of sp³-hybridized carbons (Fsp3) is 0.242. The summed E-state index contributed by atoms with van der Waals surface area (Å²) < 4.78 is 18.5. The SMILES string of the molecule is CCCCc1oc2ccccc2c1Cc1ccc2c(I)c(OC(Cc3ccccc3)C(=O)OC)ccc2c1. The third kappa shape index (κ3) is 5.73. The Hall–Kier alpha value is -3.32. The molecule has 0 aliphatic heterocycles. The molecule has 0 amide bonds. The number of esters is 1. The van der Waals surface area contributed by atoms with Crippen LogP contribution < -0.4 is 4.74 Å². The monoisotopic (exact) mass is 618 g/mol. The number of halogens is 1. The highest BCUT2D eigenvalue weighted by molar-refractivity contribution is 14.1. The van der Waals surface area contributed by atoms with Crippen LogP contribution in [0.5, 0.6) is 5.75 Å². The van der Waals surface area contributed by atoms with Crippen molar-refractivity contribution in [1.82, 2.24) is 0 Å². The van der Waals surface area contributed by atoms with Crippen LogP contribution in [0.25, 0.3) is 21.7 Å². The number of aryl methyl sites for hydroxylation is 1. The zero-order valence-electron chi connectivity index (χ0n) is 21.7. The van der Waals surface area contributed by atoms with E-state index in [4.69, 9.17) is 13.9 Å². The number of methoxy groups -OCH3 is 1. The van der Waals surface area contributed by atoms with Gasteiger partial charge in [0.2, 0.25) is 0 Å². The van der Waals surface area contributed by atoms with Gasteiger partial charge in [0, 0.05) is 30.2 Å². The number of unbranched alkanes of at least 4 members (excludes halogenated alkanes) is 1. The minimum atomic E-state index is -0.719. The molecule has 0 N–H and O–H groups in total. The lowest BCUT2D eigenvalue weighted by Gasteiger charge is -2.19. The minimum Gasteiger partial charge on any atom is -0.477 e. The molecule has 4 nitrogen and oxygen atoms in total. The first-order valence-corrected chi connectivity index (χ1v) is 14.1. The lowest BCUT2D eigenvalue weighted by Crippen LogP contribution is -2.31. The number of carbonyl (C=O) groups excluding carboxylic acids is 1. The fourth-order valence-electron chi connectivity index (χ4n) is 4.89. The Morgan fingerprint density at radius 3 is 2.50 bits per heavy atom. The maximum absolute atomic E-state index is 12.5. The van der Waals surface area contributed by atoms with Gasteiger partial charge in [-0.3, -0.25) is 0 Å². The van der Waals surface area contributed by atoms with Crippen LogP contribution in [0.1, 0.15) is 42.2 Å². The zero-order chi connectivity index (χ0) is 26.5. The summed E-state index contributed by atoms with van der Waals surface area (Å²) in [5, 5.41) is 3.43. The molecule has 0 spiro atoms. The topological polar surface area (TPSA) is 48.7 Å². The summed E-state index contributed by atoms with van der Waals surface area (Å²) in [7, 11) is 1.40. The maximum atomic E-state index is 12.5. The van der Waals surface area contributed by atoms with Gasteiger partial charge in [-0.2, -0.15) is 0 Å². The molecule has 5 rings (SSSR count). The molecule has 0 bridgehead atoms. The summed E-state index contributed by atoms with van der Waals surface area (Å²) in [6.45, 7) is 2.21. The number of ether oxygens (including phenoxy) is 2. The van der Waals surface area contributed by atoms with Crippen molar-refractivity contribution in [3.63, 3.8) is 0 Å². The summed E-state index contributed by atoms with van der Waals surface area (Å²) in [5.74, 6) is 1.39. The van der Waals surface area contributed by atoms with Gasteiger partial charge in [0.15, 0.2) is 6.10 Å². The van der Waals surface area contributed by atoms with Gasteiger partial charge >= 0.3 is 5.97 Å². The Labute approximate surface area is 237 Å². The number of carbonyl (C=O) groups is 1. The predicted molar refractivity (Wildman–Crippen MR) is 161 cm³/mol. The van der Waals surface area contributed by atoms with Crippen LogP contribution >= 0.6 is 22.6 Å². The summed E-state index contributed by atoms with van der Waals surface area (Å²) in [6, 6.07) is 28.8. The number of benzene rings is 4. The van der Waals surface area contributed by atoms with Crippen LogP contribution in [0.2, 0.25) is 0 Å². The third-order valence-corrected chi connectivity index (χ3v) is 8.01. The standard InChI is InChI=1S/C33H31IO4/c1-3-4-13-29-27(26-12-8-9-14-28(26)37-29)20-23-15-17-25-24(19-23)16-18-30(32(25)34)38-31(33(35)36-2)21-22-10-6-5-7-11-22/h5-12,14-19,31H,3-4,13,20-21H2,1-2H3. The average Bonchev–Trinajstić information content (AvgIpc) is 3.30. The second-order valence-electron chi connectivity index (χ2n) is 9.53. The van der Waals surface area contributed by atoms with Crippen molar-refractivity contribution in [2.45, 2.75) is 45.1 Å². The van der Waals surface area contributed by atoms with Crippen molar-refractivity contribution in [2.24, 2.45) is 0 Å². The van der Waals surface area contributed by atoms with Crippen molar-refractivity contribution in [3.05, 3.63) is 111 Å². The lowest BCUT2D eigenvalue weighted by molar-refractivity contribution is -0.148. The Morgan fingerprint density at radius 2 is 1.71 bits per heavy atom. The molecule has 0 fully saturated rings. The number of para-hydroxylation sites is 1. The highest BCUT2D eigenvalue weighted by atomic mass is 127. The summed E-state index contributed by atoms with van der Waals surface area (Å²) in [6.07, 6.45) is 3.75. The first-order chi connectivity index (χ1) is 18.6. The predicted octanol–water partition coefficient (Wildman–Crippen LogP) is 8.29. The second kappa shape index (κ2) is 12.0. The molecular weight excluding hydrogens is 587 g/mol. The number of furan rings is 1. The molecule has 4 aromatic carbocycles. The average molecular weight is 619 g/mol. The molecule has 0 saturated heterocycles. The lowest BCUT2D eigenvalue weighted by atomic mass is 9.97. The Balaban J connectivity index is 1.42. The van der Waals surface area contributed by atoms with E-state index in [0.717, 1.165) is 56.9 Å². The molecule has 1 heterocycles. The first-order valence-electron chi connectivity index (χ1n) is 13.1.